The maximum absolute atomic E-state index is 12.4. The Labute approximate surface area is 146 Å². The van der Waals surface area contributed by atoms with E-state index in [9.17, 15) is 9.59 Å². The molecule has 1 fully saturated rings. The molecule has 1 aliphatic heterocycles. The molecule has 4 nitrogen and oxygen atoms in total. The minimum Gasteiger partial charge on any atom is -0.326 e. The Kier molecular flexibility index (Phi) is 4.90. The largest absolute Gasteiger partial charge is 0.326 e. The molecular formula is C19H20N2O2S. The molecule has 2 aromatic carbocycles. The van der Waals surface area contributed by atoms with E-state index in [0.717, 1.165) is 16.9 Å². The van der Waals surface area contributed by atoms with E-state index in [-0.39, 0.29) is 17.2 Å². The van der Waals surface area contributed by atoms with Crippen LogP contribution >= 0.6 is 11.8 Å². The molecule has 2 aromatic rings. The third kappa shape index (κ3) is 3.46. The molecular weight excluding hydrogens is 320 g/mol. The number of benzene rings is 2. The lowest BCUT2D eigenvalue weighted by Crippen LogP contribution is -2.27. The zero-order valence-electron chi connectivity index (χ0n) is 13.8. The second-order valence-electron chi connectivity index (χ2n) is 5.79. The van der Waals surface area contributed by atoms with E-state index in [1.165, 1.54) is 5.56 Å². The van der Waals surface area contributed by atoms with Gasteiger partial charge >= 0.3 is 0 Å². The summed E-state index contributed by atoms with van der Waals surface area (Å²) in [5.74, 6) is 0.555. The number of hydrogen-bond donors (Lipinski definition) is 1. The first-order chi connectivity index (χ1) is 11.6. The Hall–Kier alpha value is -2.27. The fourth-order valence-electron chi connectivity index (χ4n) is 2.67. The van der Waals surface area contributed by atoms with Gasteiger partial charge in [0.25, 0.3) is 0 Å². The minimum absolute atomic E-state index is 0.0160. The number of nitrogens with one attached hydrogen (secondary N) is 1. The first-order valence-electron chi connectivity index (χ1n) is 7.98. The van der Waals surface area contributed by atoms with E-state index < -0.39 is 0 Å². The molecule has 24 heavy (non-hydrogen) atoms. The summed E-state index contributed by atoms with van der Waals surface area (Å²) in [6.45, 7) is 3.85. The average molecular weight is 340 g/mol. The monoisotopic (exact) mass is 340 g/mol. The summed E-state index contributed by atoms with van der Waals surface area (Å²) < 4.78 is 0. The van der Waals surface area contributed by atoms with E-state index in [4.69, 9.17) is 0 Å². The van der Waals surface area contributed by atoms with Gasteiger partial charge in [-0.2, -0.15) is 0 Å². The molecule has 3 rings (SSSR count). The van der Waals surface area contributed by atoms with Gasteiger partial charge in [0.2, 0.25) is 11.8 Å². The normalized spacial score (nSPS) is 17.2. The number of hydrogen-bond acceptors (Lipinski definition) is 3. The number of amides is 2. The molecule has 1 N–H and O–H groups in total. The Morgan fingerprint density at radius 1 is 1.25 bits per heavy atom. The molecule has 0 radical (unpaired) electrons. The molecule has 0 aliphatic carbocycles. The third-order valence-electron chi connectivity index (χ3n) is 3.96. The zero-order valence-corrected chi connectivity index (χ0v) is 14.6. The van der Waals surface area contributed by atoms with Crippen LogP contribution in [0.5, 0.6) is 0 Å². The predicted molar refractivity (Wildman–Crippen MR) is 99.2 cm³/mol. The van der Waals surface area contributed by atoms with Gasteiger partial charge in [0.05, 0.1) is 5.75 Å². The predicted octanol–water partition coefficient (Wildman–Crippen LogP) is 4.12. The Bertz CT molecular complexity index is 758. The second-order valence-corrected chi connectivity index (χ2v) is 6.86. The Balaban J connectivity index is 1.90. The van der Waals surface area contributed by atoms with Gasteiger partial charge in [0.15, 0.2) is 0 Å². The highest BCUT2D eigenvalue weighted by Crippen LogP contribution is 2.42. The van der Waals surface area contributed by atoms with E-state index in [0.29, 0.717) is 12.2 Å². The molecule has 0 bridgehead atoms. The van der Waals surface area contributed by atoms with Crippen LogP contribution in [0.3, 0.4) is 0 Å². The lowest BCUT2D eigenvalue weighted by molar-refractivity contribution is -0.116. The topological polar surface area (TPSA) is 49.4 Å². The quantitative estimate of drug-likeness (QED) is 0.911. The van der Waals surface area contributed by atoms with Crippen molar-refractivity contribution in [3.8, 4) is 0 Å². The molecule has 1 saturated heterocycles. The molecule has 0 unspecified atom stereocenters. The van der Waals surface area contributed by atoms with Crippen LogP contribution in [0, 0.1) is 6.92 Å². The average Bonchev–Trinajstić information content (AvgIpc) is 2.97. The van der Waals surface area contributed by atoms with Gasteiger partial charge < -0.3 is 5.32 Å². The summed E-state index contributed by atoms with van der Waals surface area (Å²) in [6.07, 6.45) is 0.441. The molecule has 124 valence electrons. The maximum atomic E-state index is 12.4. The number of anilines is 2. The zero-order chi connectivity index (χ0) is 17.1. The molecule has 0 saturated carbocycles. The van der Waals surface area contributed by atoms with Gasteiger partial charge in [0.1, 0.15) is 5.37 Å². The lowest BCUT2D eigenvalue weighted by atomic mass is 10.1. The van der Waals surface area contributed by atoms with Crippen molar-refractivity contribution in [1.29, 1.82) is 0 Å². The van der Waals surface area contributed by atoms with Crippen LogP contribution in [0.1, 0.15) is 29.8 Å². The van der Waals surface area contributed by atoms with Gasteiger partial charge in [0, 0.05) is 17.8 Å². The van der Waals surface area contributed by atoms with Crippen molar-refractivity contribution in [1.82, 2.24) is 0 Å². The van der Waals surface area contributed by atoms with Gasteiger partial charge in [-0.05, 0) is 36.8 Å². The molecule has 2 amide bonds. The van der Waals surface area contributed by atoms with Crippen LogP contribution in [-0.4, -0.2) is 17.6 Å². The van der Waals surface area contributed by atoms with E-state index in [1.54, 1.807) is 11.8 Å². The van der Waals surface area contributed by atoms with Gasteiger partial charge in [-0.25, -0.2) is 0 Å². The van der Waals surface area contributed by atoms with Crippen LogP contribution in [0.15, 0.2) is 48.5 Å². The number of nitrogens with zero attached hydrogens (tertiary/aromatic N) is 1. The number of thioether (sulfide) groups is 1. The SMILES string of the molecule is CCC(=O)Nc1cccc([C@@H]2SCC(=O)N2c2ccc(C)cc2)c1. The summed E-state index contributed by atoms with van der Waals surface area (Å²) >= 11 is 1.61. The molecule has 1 heterocycles. The van der Waals surface area contributed by atoms with Gasteiger partial charge in [-0.3, -0.25) is 14.5 Å². The van der Waals surface area contributed by atoms with Crippen molar-refractivity contribution in [2.24, 2.45) is 0 Å². The number of carbonyl (C=O) groups excluding carboxylic acids is 2. The summed E-state index contributed by atoms with van der Waals surface area (Å²) in [7, 11) is 0. The van der Waals surface area contributed by atoms with E-state index >= 15 is 0 Å². The molecule has 0 aromatic heterocycles. The smallest absolute Gasteiger partial charge is 0.238 e. The van der Waals surface area contributed by atoms with E-state index in [2.05, 4.69) is 5.32 Å². The van der Waals surface area contributed by atoms with E-state index in [1.807, 2.05) is 67.3 Å². The third-order valence-corrected chi connectivity index (χ3v) is 5.17. The van der Waals surface area contributed by atoms with Crippen LogP contribution in [0.4, 0.5) is 11.4 Å². The Morgan fingerprint density at radius 2 is 2.00 bits per heavy atom. The van der Waals surface area contributed by atoms with Crippen LogP contribution < -0.4 is 10.2 Å². The van der Waals surface area contributed by atoms with Crippen LogP contribution in [0.2, 0.25) is 0 Å². The van der Waals surface area contributed by atoms with Crippen molar-refractivity contribution in [2.45, 2.75) is 25.6 Å². The molecule has 5 heteroatoms. The van der Waals surface area contributed by atoms with Crippen molar-refractivity contribution in [3.63, 3.8) is 0 Å². The summed E-state index contributed by atoms with van der Waals surface area (Å²) in [6, 6.07) is 15.7. The van der Waals surface area contributed by atoms with Crippen LogP contribution in [0.25, 0.3) is 0 Å². The first-order valence-corrected chi connectivity index (χ1v) is 9.03. The van der Waals surface area contributed by atoms with Gasteiger partial charge in [-0.1, -0.05) is 36.8 Å². The fourth-order valence-corrected chi connectivity index (χ4v) is 3.84. The van der Waals surface area contributed by atoms with Crippen molar-refractivity contribution in [3.05, 3.63) is 59.7 Å². The van der Waals surface area contributed by atoms with Gasteiger partial charge in [-0.15, -0.1) is 11.8 Å². The second kappa shape index (κ2) is 7.09. The van der Waals surface area contributed by atoms with Crippen molar-refractivity contribution >= 4 is 35.0 Å². The summed E-state index contributed by atoms with van der Waals surface area (Å²) in [4.78, 5) is 25.8. The number of rotatable bonds is 4. The first kappa shape index (κ1) is 16.6. The summed E-state index contributed by atoms with van der Waals surface area (Å²) in [5, 5.41) is 2.81. The van der Waals surface area contributed by atoms with Crippen molar-refractivity contribution < 1.29 is 9.59 Å². The highest BCUT2D eigenvalue weighted by Gasteiger charge is 2.34. The molecule has 1 atom stereocenters. The number of carbonyl (C=O) groups is 2. The highest BCUT2D eigenvalue weighted by molar-refractivity contribution is 8.00. The number of aryl methyl sites for hydroxylation is 1. The fraction of sp³-hybridized carbons (Fsp3) is 0.263. The maximum Gasteiger partial charge on any atom is 0.238 e. The molecule has 1 aliphatic rings. The highest BCUT2D eigenvalue weighted by atomic mass is 32.2. The standard InChI is InChI=1S/C19H20N2O2S/c1-3-17(22)20-15-6-4-5-14(11-15)19-21(18(23)12-24-19)16-9-7-13(2)8-10-16/h4-11,19H,3,12H2,1-2H3,(H,20,22)/t19-/m0/s1. The van der Waals surface area contributed by atoms with Crippen LogP contribution in [-0.2, 0) is 9.59 Å². The lowest BCUT2D eigenvalue weighted by Gasteiger charge is -2.25. The van der Waals surface area contributed by atoms with Crippen molar-refractivity contribution in [2.75, 3.05) is 16.0 Å². The molecule has 0 spiro atoms. The minimum atomic E-state index is -0.0707. The summed E-state index contributed by atoms with van der Waals surface area (Å²) in [5.41, 5.74) is 3.85. The Morgan fingerprint density at radius 3 is 2.71 bits per heavy atom.